The highest BCUT2D eigenvalue weighted by Crippen LogP contribution is 2.30. The Labute approximate surface area is 161 Å². The Balaban J connectivity index is 1.85. The quantitative estimate of drug-likeness (QED) is 0.668. The standard InChI is InChI=1S/C22H26N4O/c1-16(27)18-5-7-21(22(24)13-18)20-6-4-17(12-19(20)14-23)15-26-9-3-8-25(2)10-11-26/h4-7,12-13H,3,8-11,15,24H2,1-2H3. The van der Waals surface area contributed by atoms with E-state index in [4.69, 9.17) is 5.73 Å². The van der Waals surface area contributed by atoms with E-state index in [-0.39, 0.29) is 5.78 Å². The molecule has 2 aromatic rings. The third kappa shape index (κ3) is 4.54. The number of anilines is 1. The van der Waals surface area contributed by atoms with Crippen molar-refractivity contribution in [3.05, 3.63) is 53.1 Å². The molecule has 0 radical (unpaired) electrons. The topological polar surface area (TPSA) is 73.4 Å². The minimum absolute atomic E-state index is 0.0211. The highest BCUT2D eigenvalue weighted by Gasteiger charge is 2.15. The normalized spacial score (nSPS) is 15.9. The van der Waals surface area contributed by atoms with Crippen molar-refractivity contribution < 1.29 is 4.79 Å². The van der Waals surface area contributed by atoms with Gasteiger partial charge in [-0.25, -0.2) is 0 Å². The zero-order valence-electron chi connectivity index (χ0n) is 16.0. The van der Waals surface area contributed by atoms with Crippen molar-refractivity contribution in [2.45, 2.75) is 19.9 Å². The summed E-state index contributed by atoms with van der Waals surface area (Å²) in [5, 5.41) is 9.66. The molecule has 1 saturated heterocycles. The summed E-state index contributed by atoms with van der Waals surface area (Å²) in [6, 6.07) is 13.6. The van der Waals surface area contributed by atoms with Crippen molar-refractivity contribution in [1.29, 1.82) is 5.26 Å². The first-order valence-electron chi connectivity index (χ1n) is 9.32. The largest absolute Gasteiger partial charge is 0.398 e. The van der Waals surface area contributed by atoms with Crippen LogP contribution in [0.2, 0.25) is 0 Å². The second-order valence-corrected chi connectivity index (χ2v) is 7.28. The van der Waals surface area contributed by atoms with Crippen LogP contribution in [0.4, 0.5) is 5.69 Å². The van der Waals surface area contributed by atoms with Gasteiger partial charge in [0.05, 0.1) is 11.6 Å². The summed E-state index contributed by atoms with van der Waals surface area (Å²) < 4.78 is 0. The monoisotopic (exact) mass is 362 g/mol. The Bertz CT molecular complexity index is 884. The summed E-state index contributed by atoms with van der Waals surface area (Å²) in [7, 11) is 2.16. The Morgan fingerprint density at radius 1 is 1.11 bits per heavy atom. The number of nitrogens with two attached hydrogens (primary N) is 1. The molecule has 0 saturated carbocycles. The number of ketones is 1. The fraction of sp³-hybridized carbons (Fsp3) is 0.364. The van der Waals surface area contributed by atoms with E-state index >= 15 is 0 Å². The molecule has 1 heterocycles. The highest BCUT2D eigenvalue weighted by atomic mass is 16.1. The van der Waals surface area contributed by atoms with Crippen LogP contribution in [0.25, 0.3) is 11.1 Å². The first kappa shape index (κ1) is 19.1. The summed E-state index contributed by atoms with van der Waals surface area (Å²) >= 11 is 0. The van der Waals surface area contributed by atoms with Gasteiger partial charge in [-0.1, -0.05) is 24.3 Å². The van der Waals surface area contributed by atoms with Gasteiger partial charge in [0, 0.05) is 42.0 Å². The van der Waals surface area contributed by atoms with Crippen LogP contribution < -0.4 is 5.73 Å². The third-order valence-corrected chi connectivity index (χ3v) is 5.17. The van der Waals surface area contributed by atoms with E-state index in [1.165, 1.54) is 13.3 Å². The number of nitriles is 1. The number of benzene rings is 2. The van der Waals surface area contributed by atoms with E-state index in [2.05, 4.69) is 29.0 Å². The molecule has 0 amide bonds. The number of rotatable bonds is 4. The summed E-state index contributed by atoms with van der Waals surface area (Å²) in [6.45, 7) is 6.69. The Morgan fingerprint density at radius 2 is 1.89 bits per heavy atom. The molecule has 3 rings (SSSR count). The summed E-state index contributed by atoms with van der Waals surface area (Å²) in [5.41, 5.74) is 10.6. The van der Waals surface area contributed by atoms with Crippen molar-refractivity contribution in [3.8, 4) is 17.2 Å². The lowest BCUT2D eigenvalue weighted by molar-refractivity contribution is 0.101. The number of carbonyl (C=O) groups excluding carboxylic acids is 1. The van der Waals surface area contributed by atoms with Crippen LogP contribution in [0.3, 0.4) is 0 Å². The molecule has 27 heavy (non-hydrogen) atoms. The average molecular weight is 362 g/mol. The maximum atomic E-state index is 11.5. The van der Waals surface area contributed by atoms with Gasteiger partial charge in [0.2, 0.25) is 0 Å². The second kappa shape index (κ2) is 8.34. The molecule has 0 unspecified atom stereocenters. The lowest BCUT2D eigenvalue weighted by Crippen LogP contribution is -2.28. The summed E-state index contributed by atoms with van der Waals surface area (Å²) in [5.74, 6) is -0.0211. The van der Waals surface area contributed by atoms with Crippen LogP contribution in [0.5, 0.6) is 0 Å². The Hall–Kier alpha value is -2.68. The van der Waals surface area contributed by atoms with E-state index in [1.54, 1.807) is 12.1 Å². The van der Waals surface area contributed by atoms with E-state index in [1.807, 2.05) is 18.2 Å². The van der Waals surface area contributed by atoms with Crippen LogP contribution in [-0.4, -0.2) is 48.8 Å². The minimum Gasteiger partial charge on any atom is -0.398 e. The van der Waals surface area contributed by atoms with Gasteiger partial charge in [0.15, 0.2) is 5.78 Å². The second-order valence-electron chi connectivity index (χ2n) is 7.28. The zero-order valence-corrected chi connectivity index (χ0v) is 16.0. The first-order chi connectivity index (χ1) is 13.0. The molecule has 1 aliphatic heterocycles. The van der Waals surface area contributed by atoms with Gasteiger partial charge in [0.1, 0.15) is 0 Å². The fourth-order valence-corrected chi connectivity index (χ4v) is 3.56. The lowest BCUT2D eigenvalue weighted by Gasteiger charge is -2.20. The average Bonchev–Trinajstić information content (AvgIpc) is 2.86. The van der Waals surface area contributed by atoms with Crippen molar-refractivity contribution in [3.63, 3.8) is 0 Å². The van der Waals surface area contributed by atoms with E-state index in [0.717, 1.165) is 49.4 Å². The summed E-state index contributed by atoms with van der Waals surface area (Å²) in [4.78, 5) is 16.3. The Morgan fingerprint density at radius 3 is 2.59 bits per heavy atom. The molecule has 140 valence electrons. The van der Waals surface area contributed by atoms with Crippen LogP contribution >= 0.6 is 0 Å². The number of carbonyl (C=O) groups is 1. The van der Waals surface area contributed by atoms with Gasteiger partial charge in [0.25, 0.3) is 0 Å². The number of likely N-dealkylation sites (N-methyl/N-ethyl adjacent to an activating group) is 1. The Kier molecular flexibility index (Phi) is 5.90. The van der Waals surface area contributed by atoms with Gasteiger partial charge in [-0.05, 0) is 51.2 Å². The number of hydrogen-bond donors (Lipinski definition) is 1. The molecular weight excluding hydrogens is 336 g/mol. The van der Waals surface area contributed by atoms with Crippen molar-refractivity contribution in [2.24, 2.45) is 0 Å². The molecule has 0 aliphatic carbocycles. The van der Waals surface area contributed by atoms with E-state index < -0.39 is 0 Å². The number of nitrogens with zero attached hydrogens (tertiary/aromatic N) is 3. The van der Waals surface area contributed by atoms with Gasteiger partial charge in [-0.2, -0.15) is 5.26 Å². The molecule has 1 fully saturated rings. The predicted octanol–water partition coefficient (Wildman–Crippen LogP) is 3.15. The molecule has 1 aliphatic rings. The molecule has 5 heteroatoms. The maximum Gasteiger partial charge on any atom is 0.159 e. The fourth-order valence-electron chi connectivity index (χ4n) is 3.56. The van der Waals surface area contributed by atoms with Crippen LogP contribution in [0, 0.1) is 11.3 Å². The van der Waals surface area contributed by atoms with Crippen LogP contribution in [-0.2, 0) is 6.54 Å². The number of nitrogen functional groups attached to an aromatic ring is 1. The SMILES string of the molecule is CC(=O)c1ccc(-c2ccc(CN3CCCN(C)CC3)cc2C#N)c(N)c1. The number of hydrogen-bond acceptors (Lipinski definition) is 5. The molecule has 0 bridgehead atoms. The van der Waals surface area contributed by atoms with Crippen LogP contribution in [0.1, 0.15) is 34.8 Å². The molecule has 5 nitrogen and oxygen atoms in total. The smallest absolute Gasteiger partial charge is 0.159 e. The molecule has 0 spiro atoms. The predicted molar refractivity (Wildman–Crippen MR) is 108 cm³/mol. The van der Waals surface area contributed by atoms with Crippen molar-refractivity contribution >= 4 is 11.5 Å². The van der Waals surface area contributed by atoms with Gasteiger partial charge < -0.3 is 10.6 Å². The van der Waals surface area contributed by atoms with Gasteiger partial charge in [-0.15, -0.1) is 0 Å². The zero-order chi connectivity index (χ0) is 19.4. The molecule has 2 N–H and O–H groups in total. The minimum atomic E-state index is -0.0211. The van der Waals surface area contributed by atoms with Gasteiger partial charge in [-0.3, -0.25) is 9.69 Å². The molecule has 0 aromatic heterocycles. The van der Waals surface area contributed by atoms with Crippen molar-refractivity contribution in [1.82, 2.24) is 9.80 Å². The van der Waals surface area contributed by atoms with Crippen molar-refractivity contribution in [2.75, 3.05) is 39.0 Å². The van der Waals surface area contributed by atoms with Gasteiger partial charge >= 0.3 is 0 Å². The molecule has 0 atom stereocenters. The molecule has 2 aromatic carbocycles. The van der Waals surface area contributed by atoms with Crippen LogP contribution in [0.15, 0.2) is 36.4 Å². The maximum absolute atomic E-state index is 11.5. The van der Waals surface area contributed by atoms with E-state index in [0.29, 0.717) is 16.8 Å². The molecular formula is C22H26N4O. The summed E-state index contributed by atoms with van der Waals surface area (Å²) in [6.07, 6.45) is 1.17. The lowest BCUT2D eigenvalue weighted by atomic mass is 9.95. The van der Waals surface area contributed by atoms with E-state index in [9.17, 15) is 10.1 Å². The highest BCUT2D eigenvalue weighted by molar-refractivity contribution is 5.96. The first-order valence-corrected chi connectivity index (χ1v) is 9.32. The third-order valence-electron chi connectivity index (χ3n) is 5.17. The number of Topliss-reactive ketones (excluding diaryl/α,β-unsaturated/α-hetero) is 1.